The van der Waals surface area contributed by atoms with Gasteiger partial charge >= 0.3 is 28.5 Å². The smallest absolute Gasteiger partial charge is 0.399 e. The Kier molecular flexibility index (Phi) is 10.6. The Hall–Kier alpha value is -3.70. The zero-order valence-corrected chi connectivity index (χ0v) is 40.8. The molecule has 0 amide bonds. The molecule has 64 heavy (non-hydrogen) atoms. The molecule has 9 rings (SSSR count). The summed E-state index contributed by atoms with van der Waals surface area (Å²) >= 11 is 0. The van der Waals surface area contributed by atoms with Gasteiger partial charge < -0.3 is 37.2 Å². The van der Waals surface area contributed by atoms with Crippen LogP contribution in [0.2, 0.25) is 0 Å². The van der Waals surface area contributed by atoms with E-state index in [1.165, 1.54) is 0 Å². The van der Waals surface area contributed by atoms with Crippen LogP contribution in [0.1, 0.15) is 133 Å². The van der Waals surface area contributed by atoms with E-state index >= 15 is 0 Å². The molecule has 0 spiro atoms. The summed E-state index contributed by atoms with van der Waals surface area (Å²) in [6, 6.07) is 34.7. The minimum atomic E-state index is -0.466. The van der Waals surface area contributed by atoms with Gasteiger partial charge in [0.15, 0.2) is 0 Å². The quantitative estimate of drug-likeness (QED) is 0.164. The lowest BCUT2D eigenvalue weighted by Gasteiger charge is -2.34. The highest BCUT2D eigenvalue weighted by molar-refractivity contribution is 6.63. The van der Waals surface area contributed by atoms with Crippen molar-refractivity contribution >= 4 is 72.6 Å². The zero-order valence-electron chi connectivity index (χ0n) is 40.8. The van der Waals surface area contributed by atoms with E-state index in [4.69, 9.17) is 37.2 Å². The van der Waals surface area contributed by atoms with Crippen LogP contribution in [0.4, 0.5) is 0 Å². The van der Waals surface area contributed by atoms with Crippen LogP contribution >= 0.6 is 0 Å². The third kappa shape index (κ3) is 7.45. The number of benzene rings is 4. The van der Waals surface area contributed by atoms with Crippen molar-refractivity contribution in [3.8, 4) is 0 Å². The predicted molar refractivity (Wildman–Crippen MR) is 262 cm³/mol. The Labute approximate surface area is 383 Å². The van der Waals surface area contributed by atoms with Crippen molar-refractivity contribution in [1.82, 2.24) is 0 Å². The summed E-state index contributed by atoms with van der Waals surface area (Å²) in [7, 11) is -1.86. The van der Waals surface area contributed by atoms with Crippen LogP contribution in [0, 0.1) is 0 Å². The molecule has 4 aliphatic heterocycles. The fourth-order valence-corrected chi connectivity index (χ4v) is 8.74. The molecular weight excluding hydrogens is 796 g/mol. The van der Waals surface area contributed by atoms with Crippen LogP contribution in [-0.2, 0) is 37.2 Å². The van der Waals surface area contributed by atoms with Gasteiger partial charge in [-0.25, -0.2) is 0 Å². The van der Waals surface area contributed by atoms with E-state index in [2.05, 4.69) is 208 Å². The van der Waals surface area contributed by atoms with Crippen molar-refractivity contribution in [1.29, 1.82) is 0 Å². The molecule has 4 aromatic carbocycles. The molecule has 0 unspecified atom stereocenters. The largest absolute Gasteiger partial charge is 0.494 e. The van der Waals surface area contributed by atoms with Crippen molar-refractivity contribution in [2.45, 2.75) is 156 Å². The van der Waals surface area contributed by atoms with Gasteiger partial charge in [-0.05, 0) is 177 Å². The Morgan fingerprint density at radius 3 is 0.469 bits per heavy atom. The fourth-order valence-electron chi connectivity index (χ4n) is 8.74. The SMILES string of the molecule is CC1(C)OB(c2ccc(C3=C(c4ccc(B5OC(C)(C)C(C)(C)O5)cc4)C(c4ccc(B5OC(C)(C)C(C)(C)O5)cc4)=C3c3ccc(B4OC(C)(C)C(C)(C)O4)cc3)cc2)OC1(C)C. The monoisotopic (exact) mass is 860 g/mol. The Morgan fingerprint density at radius 2 is 0.344 bits per heavy atom. The molecule has 0 radical (unpaired) electrons. The molecule has 5 aliphatic rings. The Morgan fingerprint density at radius 1 is 0.219 bits per heavy atom. The highest BCUT2D eigenvalue weighted by Crippen LogP contribution is 2.56. The topological polar surface area (TPSA) is 73.8 Å². The Balaban J connectivity index is 1.15. The molecular formula is C52H64B4O8. The number of allylic oxidation sites excluding steroid dienone is 4. The van der Waals surface area contributed by atoms with Gasteiger partial charge in [-0.15, -0.1) is 0 Å². The van der Waals surface area contributed by atoms with Gasteiger partial charge in [-0.2, -0.15) is 0 Å². The predicted octanol–water partition coefficient (Wildman–Crippen LogP) is 8.42. The van der Waals surface area contributed by atoms with Crippen molar-refractivity contribution < 1.29 is 37.2 Å². The minimum Gasteiger partial charge on any atom is -0.399 e. The second-order valence-corrected chi connectivity index (χ2v) is 22.3. The maximum absolute atomic E-state index is 6.47. The van der Waals surface area contributed by atoms with Gasteiger partial charge in [0.05, 0.1) is 44.8 Å². The first kappa shape index (κ1) is 45.5. The van der Waals surface area contributed by atoms with Gasteiger partial charge in [0.1, 0.15) is 0 Å². The molecule has 0 saturated carbocycles. The third-order valence-electron chi connectivity index (χ3n) is 15.9. The normalized spacial score (nSPS) is 24.5. The molecule has 4 saturated heterocycles. The van der Waals surface area contributed by atoms with Gasteiger partial charge in [-0.3, -0.25) is 0 Å². The minimum absolute atomic E-state index is 0.443. The summed E-state index contributed by atoms with van der Waals surface area (Å²) in [5.74, 6) is 0. The zero-order chi connectivity index (χ0) is 46.2. The summed E-state index contributed by atoms with van der Waals surface area (Å²) in [6.45, 7) is 33.4. The van der Waals surface area contributed by atoms with E-state index in [1.807, 2.05) is 0 Å². The second-order valence-electron chi connectivity index (χ2n) is 22.3. The summed E-state index contributed by atoms with van der Waals surface area (Å²) in [4.78, 5) is 0. The molecule has 12 heteroatoms. The van der Waals surface area contributed by atoms with E-state index in [9.17, 15) is 0 Å². The molecule has 1 aliphatic carbocycles. The van der Waals surface area contributed by atoms with Crippen LogP contribution in [-0.4, -0.2) is 73.3 Å². The molecule has 4 fully saturated rings. The van der Waals surface area contributed by atoms with Crippen LogP contribution in [0.5, 0.6) is 0 Å². The van der Waals surface area contributed by atoms with E-state index in [0.29, 0.717) is 0 Å². The number of hydrogen-bond acceptors (Lipinski definition) is 8. The average Bonchev–Trinajstić information content (AvgIpc) is 3.75. The Bertz CT molecular complexity index is 2090. The lowest BCUT2D eigenvalue weighted by Crippen LogP contribution is -2.41. The van der Waals surface area contributed by atoms with E-state index < -0.39 is 73.3 Å². The maximum Gasteiger partial charge on any atom is 0.494 e. The van der Waals surface area contributed by atoms with Crippen LogP contribution < -0.4 is 21.9 Å². The van der Waals surface area contributed by atoms with E-state index in [-0.39, 0.29) is 0 Å². The van der Waals surface area contributed by atoms with Gasteiger partial charge in [-0.1, -0.05) is 97.1 Å². The van der Waals surface area contributed by atoms with Crippen LogP contribution in [0.15, 0.2) is 97.1 Å². The summed E-state index contributed by atoms with van der Waals surface area (Å²) in [6.07, 6.45) is 0. The molecule has 8 nitrogen and oxygen atoms in total. The molecule has 0 atom stereocenters. The molecule has 4 heterocycles. The molecule has 0 aromatic heterocycles. The maximum atomic E-state index is 6.47. The van der Waals surface area contributed by atoms with E-state index in [1.54, 1.807) is 0 Å². The van der Waals surface area contributed by atoms with E-state index in [0.717, 1.165) is 66.4 Å². The van der Waals surface area contributed by atoms with Gasteiger partial charge in [0.2, 0.25) is 0 Å². The highest BCUT2D eigenvalue weighted by Gasteiger charge is 2.55. The third-order valence-corrected chi connectivity index (χ3v) is 15.9. The number of rotatable bonds is 8. The van der Waals surface area contributed by atoms with Crippen LogP contribution in [0.3, 0.4) is 0 Å². The molecule has 0 N–H and O–H groups in total. The molecule has 0 bridgehead atoms. The lowest BCUT2D eigenvalue weighted by atomic mass is 9.67. The number of hydrogen-bond donors (Lipinski definition) is 0. The van der Waals surface area contributed by atoms with Crippen molar-refractivity contribution in [2.75, 3.05) is 0 Å². The van der Waals surface area contributed by atoms with Crippen molar-refractivity contribution in [3.63, 3.8) is 0 Å². The summed E-state index contributed by atoms with van der Waals surface area (Å²) < 4.78 is 51.8. The summed E-state index contributed by atoms with van der Waals surface area (Å²) in [5.41, 5.74) is 9.33. The summed E-state index contributed by atoms with van der Waals surface area (Å²) in [5, 5.41) is 0. The first-order valence-corrected chi connectivity index (χ1v) is 23.0. The molecule has 332 valence electrons. The fraction of sp³-hybridized carbons (Fsp3) is 0.462. The van der Waals surface area contributed by atoms with Crippen molar-refractivity contribution in [3.05, 3.63) is 119 Å². The lowest BCUT2D eigenvalue weighted by molar-refractivity contribution is 0.00578. The molecule has 4 aromatic rings. The van der Waals surface area contributed by atoms with Crippen molar-refractivity contribution in [2.24, 2.45) is 0 Å². The standard InChI is InChI=1S/C52H64B4O8/c1-45(2)46(3,4)58-53(57-45)37-25-17-33(18-26-37)41-42(34-19-27-38(28-20-34)54-59-47(5,6)48(7,8)60-54)44(36-23-31-40(32-24-36)56-63-51(13,14)52(15,16)64-56)43(41)35-21-29-39(30-22-35)55-61-49(9,10)50(11,12)62-55/h17-32H,1-16H3. The van der Waals surface area contributed by atoms with Gasteiger partial charge in [0, 0.05) is 0 Å². The van der Waals surface area contributed by atoms with Gasteiger partial charge in [0.25, 0.3) is 0 Å². The highest BCUT2D eigenvalue weighted by atomic mass is 16.7. The second kappa shape index (κ2) is 14.9. The van der Waals surface area contributed by atoms with Crippen LogP contribution in [0.25, 0.3) is 22.3 Å². The first-order chi connectivity index (χ1) is 29.6. The first-order valence-electron chi connectivity index (χ1n) is 23.0. The average molecular weight is 860 g/mol.